The second-order valence-electron chi connectivity index (χ2n) is 1.12. The van der Waals surface area contributed by atoms with Gasteiger partial charge in [-0.2, -0.15) is 0 Å². The number of allylic oxidation sites excluding steroid dienone is 1. The average molecular weight is 101 g/mol. The molecule has 0 amide bonds. The van der Waals surface area contributed by atoms with E-state index in [1.54, 1.807) is 13.1 Å². The van der Waals surface area contributed by atoms with Crippen molar-refractivity contribution in [2.75, 3.05) is 7.05 Å². The maximum absolute atomic E-state index is 5.27. The fraction of sp³-hybridized carbons (Fsp3) is 0.500. The number of hydrogen-bond acceptors (Lipinski definition) is 3. The lowest BCUT2D eigenvalue weighted by molar-refractivity contribution is 0.680. The van der Waals surface area contributed by atoms with Crippen LogP contribution in [-0.2, 0) is 0 Å². The summed E-state index contributed by atoms with van der Waals surface area (Å²) in [6, 6.07) is 0. The van der Waals surface area contributed by atoms with Crippen LogP contribution in [0.2, 0.25) is 0 Å². The first-order valence-electron chi connectivity index (χ1n) is 2.15. The fourth-order valence-corrected chi connectivity index (χ4v) is 0.217. The monoisotopic (exact) mass is 101 g/mol. The van der Waals surface area contributed by atoms with Gasteiger partial charge in [-0.15, -0.1) is 0 Å². The van der Waals surface area contributed by atoms with E-state index < -0.39 is 0 Å². The summed E-state index contributed by atoms with van der Waals surface area (Å²) in [5.74, 6) is 0.641. The highest BCUT2D eigenvalue weighted by molar-refractivity contribution is 4.88. The normalized spacial score (nSPS) is 11.4. The molecule has 0 spiro atoms. The summed E-state index contributed by atoms with van der Waals surface area (Å²) in [5.41, 5.74) is 10.6. The number of hydrogen-bond donors (Lipinski definition) is 3. The van der Waals surface area contributed by atoms with E-state index >= 15 is 0 Å². The fourth-order valence-electron chi connectivity index (χ4n) is 0.217. The Bertz CT molecular complexity index is 67.3. The molecule has 42 valence electrons. The van der Waals surface area contributed by atoms with Gasteiger partial charge in [-0.3, -0.25) is 0 Å². The largest absolute Gasteiger partial charge is 0.385 e. The standard InChI is InChI=1S/C4H11N3/c1-3-4(5)7-6-2/h3,6-7H,5H2,1-2H3/b4-3-. The topological polar surface area (TPSA) is 50.1 Å². The molecular weight excluding hydrogens is 90.1 g/mol. The van der Waals surface area contributed by atoms with Crippen molar-refractivity contribution in [3.63, 3.8) is 0 Å². The van der Waals surface area contributed by atoms with Crippen molar-refractivity contribution in [3.05, 3.63) is 11.9 Å². The van der Waals surface area contributed by atoms with E-state index in [4.69, 9.17) is 5.73 Å². The number of nitrogens with one attached hydrogen (secondary N) is 2. The highest BCUT2D eigenvalue weighted by Gasteiger charge is 1.74. The van der Waals surface area contributed by atoms with Crippen LogP contribution in [0.25, 0.3) is 0 Å². The molecule has 0 heterocycles. The Kier molecular flexibility index (Phi) is 3.14. The summed E-state index contributed by atoms with van der Waals surface area (Å²) in [5, 5.41) is 0. The van der Waals surface area contributed by atoms with Crippen molar-refractivity contribution in [1.82, 2.24) is 10.9 Å². The minimum absolute atomic E-state index is 0.641. The van der Waals surface area contributed by atoms with Crippen LogP contribution in [0.1, 0.15) is 6.92 Å². The Morgan fingerprint density at radius 1 is 1.71 bits per heavy atom. The van der Waals surface area contributed by atoms with Crippen molar-refractivity contribution >= 4 is 0 Å². The molecule has 0 aromatic carbocycles. The van der Waals surface area contributed by atoms with E-state index in [1.807, 2.05) is 6.92 Å². The quantitative estimate of drug-likeness (QED) is 0.412. The van der Waals surface area contributed by atoms with Gasteiger partial charge < -0.3 is 11.2 Å². The maximum Gasteiger partial charge on any atom is 0.106 e. The molecule has 3 nitrogen and oxygen atoms in total. The first-order chi connectivity index (χ1) is 3.31. The van der Waals surface area contributed by atoms with E-state index in [9.17, 15) is 0 Å². The molecule has 0 atom stereocenters. The van der Waals surface area contributed by atoms with Crippen LogP contribution < -0.4 is 16.6 Å². The third kappa shape index (κ3) is 3.12. The molecule has 0 bridgehead atoms. The molecule has 0 saturated heterocycles. The van der Waals surface area contributed by atoms with Gasteiger partial charge in [0, 0.05) is 7.05 Å². The first-order valence-corrected chi connectivity index (χ1v) is 2.15. The minimum atomic E-state index is 0.641. The second-order valence-corrected chi connectivity index (χ2v) is 1.12. The van der Waals surface area contributed by atoms with Crippen LogP contribution in [0.4, 0.5) is 0 Å². The zero-order valence-corrected chi connectivity index (χ0v) is 4.65. The van der Waals surface area contributed by atoms with Gasteiger partial charge in [-0.1, -0.05) is 0 Å². The molecule has 7 heavy (non-hydrogen) atoms. The summed E-state index contributed by atoms with van der Waals surface area (Å²) < 4.78 is 0. The lowest BCUT2D eigenvalue weighted by Crippen LogP contribution is -2.30. The Hall–Kier alpha value is -0.700. The van der Waals surface area contributed by atoms with Gasteiger partial charge in [0.25, 0.3) is 0 Å². The molecule has 0 aliphatic carbocycles. The summed E-state index contributed by atoms with van der Waals surface area (Å²) in [7, 11) is 1.76. The molecule has 0 aromatic rings. The SMILES string of the molecule is C/C=C(/N)NNC. The molecule has 0 rings (SSSR count). The number of nitrogens with two attached hydrogens (primary N) is 1. The lowest BCUT2D eigenvalue weighted by Gasteiger charge is -1.99. The van der Waals surface area contributed by atoms with E-state index in [-0.39, 0.29) is 0 Å². The van der Waals surface area contributed by atoms with Gasteiger partial charge >= 0.3 is 0 Å². The molecule has 0 unspecified atom stereocenters. The van der Waals surface area contributed by atoms with Crippen molar-refractivity contribution in [2.24, 2.45) is 5.73 Å². The van der Waals surface area contributed by atoms with Gasteiger partial charge in [0.05, 0.1) is 0 Å². The molecule has 0 saturated carbocycles. The van der Waals surface area contributed by atoms with Crippen LogP contribution in [0, 0.1) is 0 Å². The van der Waals surface area contributed by atoms with Gasteiger partial charge in [0.15, 0.2) is 0 Å². The summed E-state index contributed by atoms with van der Waals surface area (Å²) in [4.78, 5) is 0. The molecule has 0 aliphatic heterocycles. The smallest absolute Gasteiger partial charge is 0.106 e. The zero-order valence-electron chi connectivity index (χ0n) is 4.65. The maximum atomic E-state index is 5.27. The molecule has 3 heteroatoms. The summed E-state index contributed by atoms with van der Waals surface area (Å²) >= 11 is 0. The third-order valence-corrected chi connectivity index (χ3v) is 0.580. The predicted octanol–water partition coefficient (Wildman–Crippen LogP) is -0.470. The van der Waals surface area contributed by atoms with Crippen LogP contribution >= 0.6 is 0 Å². The number of rotatable bonds is 2. The van der Waals surface area contributed by atoms with Crippen LogP contribution in [0.3, 0.4) is 0 Å². The second kappa shape index (κ2) is 3.49. The van der Waals surface area contributed by atoms with Crippen molar-refractivity contribution in [1.29, 1.82) is 0 Å². The van der Waals surface area contributed by atoms with Gasteiger partial charge in [0.2, 0.25) is 0 Å². The molecular formula is C4H11N3. The number of hydrazine groups is 1. The van der Waals surface area contributed by atoms with Crippen molar-refractivity contribution in [3.8, 4) is 0 Å². The molecule has 0 fully saturated rings. The average Bonchev–Trinajstić information content (AvgIpc) is 1.68. The molecule has 4 N–H and O–H groups in total. The highest BCUT2D eigenvalue weighted by atomic mass is 15.4. The Morgan fingerprint density at radius 3 is 2.43 bits per heavy atom. The van der Waals surface area contributed by atoms with E-state index in [0.29, 0.717) is 5.82 Å². The predicted molar refractivity (Wildman–Crippen MR) is 30.1 cm³/mol. The van der Waals surface area contributed by atoms with Gasteiger partial charge in [-0.25, -0.2) is 5.43 Å². The molecule has 0 aromatic heterocycles. The van der Waals surface area contributed by atoms with E-state index in [0.717, 1.165) is 0 Å². The van der Waals surface area contributed by atoms with Gasteiger partial charge in [-0.05, 0) is 13.0 Å². The third-order valence-electron chi connectivity index (χ3n) is 0.580. The Labute approximate surface area is 43.6 Å². The van der Waals surface area contributed by atoms with Crippen LogP contribution in [-0.4, -0.2) is 7.05 Å². The highest BCUT2D eigenvalue weighted by Crippen LogP contribution is 1.67. The Morgan fingerprint density at radius 2 is 2.29 bits per heavy atom. The van der Waals surface area contributed by atoms with Crippen LogP contribution in [0.15, 0.2) is 11.9 Å². The minimum Gasteiger partial charge on any atom is -0.385 e. The van der Waals surface area contributed by atoms with Crippen molar-refractivity contribution in [2.45, 2.75) is 6.92 Å². The first kappa shape index (κ1) is 6.30. The zero-order chi connectivity index (χ0) is 5.70. The van der Waals surface area contributed by atoms with Crippen LogP contribution in [0.5, 0.6) is 0 Å². The van der Waals surface area contributed by atoms with Gasteiger partial charge in [0.1, 0.15) is 5.82 Å². The van der Waals surface area contributed by atoms with E-state index in [1.165, 1.54) is 0 Å². The van der Waals surface area contributed by atoms with E-state index in [2.05, 4.69) is 10.9 Å². The molecule has 0 aliphatic rings. The Balaban J connectivity index is 3.17. The lowest BCUT2D eigenvalue weighted by atomic mass is 10.6. The van der Waals surface area contributed by atoms with Crippen molar-refractivity contribution < 1.29 is 0 Å². The summed E-state index contributed by atoms with van der Waals surface area (Å²) in [6.07, 6.45) is 1.77. The summed E-state index contributed by atoms with van der Waals surface area (Å²) in [6.45, 7) is 1.86. The molecule has 0 radical (unpaired) electrons.